The smallest absolute Gasteiger partial charge is 0.290 e. The van der Waals surface area contributed by atoms with Crippen molar-refractivity contribution in [3.8, 4) is 0 Å². The summed E-state index contributed by atoms with van der Waals surface area (Å²) in [5, 5.41) is 6.47. The van der Waals surface area contributed by atoms with Crippen molar-refractivity contribution in [2.75, 3.05) is 0 Å². The van der Waals surface area contributed by atoms with Crippen LogP contribution in [0, 0.1) is 0 Å². The van der Waals surface area contributed by atoms with Crippen molar-refractivity contribution in [1.82, 2.24) is 10.5 Å². The molecule has 5 heteroatoms. The highest BCUT2D eigenvalue weighted by atomic mass is 16.5. The molecule has 0 atom stereocenters. The largest absolute Gasteiger partial charge is 0.351 e. The predicted molar refractivity (Wildman–Crippen MR) is 56.3 cm³/mol. The van der Waals surface area contributed by atoms with Crippen LogP contribution in [-0.2, 0) is 5.54 Å². The maximum atomic E-state index is 11.5. The standard InChI is InChI=1S/C10H17N3O2/c1-6(2)12-9(14)7-5-8(13-15-7)10(3,4)11/h5-6H,11H2,1-4H3,(H,12,14). The second-order valence-corrected chi connectivity index (χ2v) is 4.43. The van der Waals surface area contributed by atoms with E-state index < -0.39 is 5.54 Å². The molecule has 1 heterocycles. The van der Waals surface area contributed by atoms with Crippen molar-refractivity contribution in [1.29, 1.82) is 0 Å². The van der Waals surface area contributed by atoms with Crippen LogP contribution in [0.2, 0.25) is 0 Å². The molecule has 1 amide bonds. The molecule has 0 aliphatic heterocycles. The summed E-state index contributed by atoms with van der Waals surface area (Å²) in [6.45, 7) is 7.36. The van der Waals surface area contributed by atoms with Gasteiger partial charge in [0.2, 0.25) is 5.76 Å². The summed E-state index contributed by atoms with van der Waals surface area (Å²) >= 11 is 0. The minimum Gasteiger partial charge on any atom is -0.351 e. The molecule has 0 aliphatic rings. The van der Waals surface area contributed by atoms with Crippen molar-refractivity contribution in [3.05, 3.63) is 17.5 Å². The SMILES string of the molecule is CC(C)NC(=O)c1cc(C(C)(C)N)no1. The lowest BCUT2D eigenvalue weighted by atomic mass is 10.0. The maximum Gasteiger partial charge on any atom is 0.290 e. The van der Waals surface area contributed by atoms with E-state index in [0.717, 1.165) is 0 Å². The normalized spacial score (nSPS) is 11.9. The molecule has 3 N–H and O–H groups in total. The number of carbonyl (C=O) groups is 1. The molecule has 0 fully saturated rings. The Morgan fingerprint density at radius 2 is 2.20 bits per heavy atom. The topological polar surface area (TPSA) is 81.2 Å². The second-order valence-electron chi connectivity index (χ2n) is 4.43. The van der Waals surface area contributed by atoms with Crippen LogP contribution >= 0.6 is 0 Å². The summed E-state index contributed by atoms with van der Waals surface area (Å²) in [6.07, 6.45) is 0. The van der Waals surface area contributed by atoms with Gasteiger partial charge in [-0.15, -0.1) is 0 Å². The number of nitrogens with one attached hydrogen (secondary N) is 1. The summed E-state index contributed by atoms with van der Waals surface area (Å²) in [5.74, 6) is -0.0785. The molecule has 0 spiro atoms. The minimum atomic E-state index is -0.597. The Labute approximate surface area is 89.0 Å². The number of carbonyl (C=O) groups excluding carboxylic acids is 1. The highest BCUT2D eigenvalue weighted by Crippen LogP contribution is 2.16. The third kappa shape index (κ3) is 3.06. The predicted octanol–water partition coefficient (Wildman–Crippen LogP) is 1.01. The Morgan fingerprint density at radius 1 is 1.60 bits per heavy atom. The summed E-state index contributed by atoms with van der Waals surface area (Å²) in [7, 11) is 0. The van der Waals surface area contributed by atoms with Crippen LogP contribution < -0.4 is 11.1 Å². The van der Waals surface area contributed by atoms with E-state index in [2.05, 4.69) is 10.5 Å². The number of nitrogens with zero attached hydrogens (tertiary/aromatic N) is 1. The van der Waals surface area contributed by atoms with Crippen LogP contribution in [0.25, 0.3) is 0 Å². The molecule has 1 aromatic rings. The lowest BCUT2D eigenvalue weighted by Crippen LogP contribution is -2.30. The second kappa shape index (κ2) is 4.02. The fourth-order valence-electron chi connectivity index (χ4n) is 1.02. The van der Waals surface area contributed by atoms with E-state index in [4.69, 9.17) is 10.3 Å². The minimum absolute atomic E-state index is 0.0666. The third-order valence-electron chi connectivity index (χ3n) is 1.81. The van der Waals surface area contributed by atoms with Gasteiger partial charge < -0.3 is 15.6 Å². The zero-order chi connectivity index (χ0) is 11.6. The fourth-order valence-corrected chi connectivity index (χ4v) is 1.02. The Kier molecular flexibility index (Phi) is 3.14. The Balaban J connectivity index is 2.81. The van der Waals surface area contributed by atoms with E-state index in [9.17, 15) is 4.79 Å². The number of rotatable bonds is 3. The van der Waals surface area contributed by atoms with E-state index in [0.29, 0.717) is 5.69 Å². The van der Waals surface area contributed by atoms with Gasteiger partial charge in [-0.3, -0.25) is 4.79 Å². The van der Waals surface area contributed by atoms with Gasteiger partial charge in [-0.05, 0) is 27.7 Å². The number of aromatic nitrogens is 1. The van der Waals surface area contributed by atoms with E-state index in [1.165, 1.54) is 0 Å². The van der Waals surface area contributed by atoms with Crippen molar-refractivity contribution in [2.45, 2.75) is 39.3 Å². The average molecular weight is 211 g/mol. The lowest BCUT2D eigenvalue weighted by molar-refractivity contribution is 0.0905. The Hall–Kier alpha value is -1.36. The van der Waals surface area contributed by atoms with E-state index in [-0.39, 0.29) is 17.7 Å². The van der Waals surface area contributed by atoms with Crippen molar-refractivity contribution < 1.29 is 9.32 Å². The van der Waals surface area contributed by atoms with Gasteiger partial charge in [0.25, 0.3) is 5.91 Å². The zero-order valence-electron chi connectivity index (χ0n) is 9.50. The van der Waals surface area contributed by atoms with Crippen LogP contribution in [0.15, 0.2) is 10.6 Å². The van der Waals surface area contributed by atoms with Crippen LogP contribution in [0.3, 0.4) is 0 Å². The Morgan fingerprint density at radius 3 is 2.60 bits per heavy atom. The average Bonchev–Trinajstić information content (AvgIpc) is 2.48. The molecule has 1 aromatic heterocycles. The fraction of sp³-hybridized carbons (Fsp3) is 0.600. The van der Waals surface area contributed by atoms with Crippen molar-refractivity contribution >= 4 is 5.91 Å². The monoisotopic (exact) mass is 211 g/mol. The van der Waals surface area contributed by atoms with Crippen LogP contribution in [-0.4, -0.2) is 17.1 Å². The number of hydrogen-bond acceptors (Lipinski definition) is 4. The van der Waals surface area contributed by atoms with Gasteiger partial charge in [0, 0.05) is 12.1 Å². The van der Waals surface area contributed by atoms with Gasteiger partial charge in [0.05, 0.1) is 5.54 Å². The van der Waals surface area contributed by atoms with Crippen LogP contribution in [0.4, 0.5) is 0 Å². The Bertz CT molecular complexity index is 350. The lowest BCUT2D eigenvalue weighted by Gasteiger charge is -2.12. The zero-order valence-corrected chi connectivity index (χ0v) is 9.50. The van der Waals surface area contributed by atoms with Crippen molar-refractivity contribution in [3.63, 3.8) is 0 Å². The third-order valence-corrected chi connectivity index (χ3v) is 1.81. The molecule has 1 rings (SSSR count). The van der Waals surface area contributed by atoms with Gasteiger partial charge in [-0.25, -0.2) is 0 Å². The van der Waals surface area contributed by atoms with Gasteiger partial charge >= 0.3 is 0 Å². The molecule has 0 bridgehead atoms. The molecule has 0 aromatic carbocycles. The first-order valence-corrected chi connectivity index (χ1v) is 4.87. The van der Waals surface area contributed by atoms with Crippen molar-refractivity contribution in [2.24, 2.45) is 5.73 Å². The van der Waals surface area contributed by atoms with Crippen LogP contribution in [0.1, 0.15) is 43.9 Å². The molecule has 0 radical (unpaired) electrons. The molecule has 0 saturated heterocycles. The molecule has 15 heavy (non-hydrogen) atoms. The summed E-state index contributed by atoms with van der Waals surface area (Å²) in [4.78, 5) is 11.5. The van der Waals surface area contributed by atoms with Gasteiger partial charge in [-0.2, -0.15) is 0 Å². The number of hydrogen-bond donors (Lipinski definition) is 2. The quantitative estimate of drug-likeness (QED) is 0.781. The molecule has 0 unspecified atom stereocenters. The summed E-state index contributed by atoms with van der Waals surface area (Å²) < 4.78 is 4.91. The molecular formula is C10H17N3O2. The van der Waals surface area contributed by atoms with Gasteiger partial charge in [0.1, 0.15) is 5.69 Å². The molecular weight excluding hydrogens is 194 g/mol. The maximum absolute atomic E-state index is 11.5. The molecule has 0 aliphatic carbocycles. The molecule has 84 valence electrons. The number of nitrogens with two attached hydrogens (primary N) is 1. The number of amides is 1. The van der Waals surface area contributed by atoms with E-state index in [1.807, 2.05) is 13.8 Å². The first kappa shape index (κ1) is 11.7. The van der Waals surface area contributed by atoms with Gasteiger partial charge in [0.15, 0.2) is 0 Å². The molecule has 5 nitrogen and oxygen atoms in total. The highest BCUT2D eigenvalue weighted by molar-refractivity contribution is 5.91. The van der Waals surface area contributed by atoms with Crippen LogP contribution in [0.5, 0.6) is 0 Å². The van der Waals surface area contributed by atoms with E-state index >= 15 is 0 Å². The first-order chi connectivity index (χ1) is 6.80. The first-order valence-electron chi connectivity index (χ1n) is 4.87. The molecule has 0 saturated carbocycles. The highest BCUT2D eigenvalue weighted by Gasteiger charge is 2.22. The summed E-state index contributed by atoms with van der Waals surface area (Å²) in [5.41, 5.74) is 5.79. The van der Waals surface area contributed by atoms with E-state index in [1.54, 1.807) is 19.9 Å². The van der Waals surface area contributed by atoms with Gasteiger partial charge in [-0.1, -0.05) is 5.16 Å². The summed E-state index contributed by atoms with van der Waals surface area (Å²) in [6, 6.07) is 1.63.